The van der Waals surface area contributed by atoms with E-state index in [2.05, 4.69) is 31.0 Å². The van der Waals surface area contributed by atoms with E-state index >= 15 is 0 Å². The van der Waals surface area contributed by atoms with E-state index in [4.69, 9.17) is 4.42 Å². The van der Waals surface area contributed by atoms with Crippen molar-refractivity contribution in [3.8, 4) is 11.3 Å². The SMILES string of the molecule is O=C(Nc1nc(-c2ccc(Br)cc2)cs1)c1ccc(F)cc1NS(=O)(=O)c1ccoc1. The number of benzene rings is 2. The maximum atomic E-state index is 13.8. The van der Waals surface area contributed by atoms with Gasteiger partial charge in [0.1, 0.15) is 17.0 Å². The maximum absolute atomic E-state index is 13.8. The number of carbonyl (C=O) groups excluding carboxylic acids is 1. The highest BCUT2D eigenvalue weighted by Crippen LogP contribution is 2.28. The molecule has 4 aromatic rings. The normalized spacial score (nSPS) is 11.3. The van der Waals surface area contributed by atoms with Gasteiger partial charge in [-0.1, -0.05) is 28.1 Å². The van der Waals surface area contributed by atoms with Gasteiger partial charge in [0.25, 0.3) is 15.9 Å². The Labute approximate surface area is 189 Å². The van der Waals surface area contributed by atoms with Crippen molar-refractivity contribution in [2.24, 2.45) is 0 Å². The highest BCUT2D eigenvalue weighted by atomic mass is 79.9. The van der Waals surface area contributed by atoms with E-state index in [0.717, 1.165) is 28.4 Å². The molecule has 0 aliphatic carbocycles. The van der Waals surface area contributed by atoms with Crippen molar-refractivity contribution in [2.75, 3.05) is 10.0 Å². The molecule has 0 aliphatic rings. The molecule has 1 amide bonds. The van der Waals surface area contributed by atoms with Gasteiger partial charge in [0.2, 0.25) is 0 Å². The van der Waals surface area contributed by atoms with Crippen LogP contribution in [-0.2, 0) is 10.0 Å². The topological polar surface area (TPSA) is 101 Å². The van der Waals surface area contributed by atoms with Crippen molar-refractivity contribution in [1.29, 1.82) is 0 Å². The molecule has 0 saturated heterocycles. The third kappa shape index (κ3) is 4.84. The van der Waals surface area contributed by atoms with Gasteiger partial charge in [0, 0.05) is 15.4 Å². The number of halogens is 2. The molecule has 31 heavy (non-hydrogen) atoms. The quantitative estimate of drug-likeness (QED) is 0.355. The van der Waals surface area contributed by atoms with Crippen LogP contribution in [0.4, 0.5) is 15.2 Å². The van der Waals surface area contributed by atoms with Crippen LogP contribution in [0.25, 0.3) is 11.3 Å². The summed E-state index contributed by atoms with van der Waals surface area (Å²) in [5.41, 5.74) is 1.28. The lowest BCUT2D eigenvalue weighted by atomic mass is 10.1. The van der Waals surface area contributed by atoms with E-state index in [-0.39, 0.29) is 16.1 Å². The molecular formula is C20H13BrFN3O4S2. The highest BCUT2D eigenvalue weighted by Gasteiger charge is 2.21. The van der Waals surface area contributed by atoms with E-state index in [1.54, 1.807) is 5.38 Å². The van der Waals surface area contributed by atoms with Crippen LogP contribution in [0, 0.1) is 5.82 Å². The van der Waals surface area contributed by atoms with E-state index < -0.39 is 21.7 Å². The molecule has 0 saturated carbocycles. The number of amides is 1. The molecule has 2 heterocycles. The average molecular weight is 522 g/mol. The molecule has 0 aliphatic heterocycles. The number of sulfonamides is 1. The lowest BCUT2D eigenvalue weighted by Gasteiger charge is -2.11. The third-order valence-corrected chi connectivity index (χ3v) is 6.77. The van der Waals surface area contributed by atoms with Gasteiger partial charge in [0.15, 0.2) is 5.13 Å². The second-order valence-corrected chi connectivity index (χ2v) is 9.71. The van der Waals surface area contributed by atoms with Gasteiger partial charge >= 0.3 is 0 Å². The Morgan fingerprint density at radius 3 is 2.61 bits per heavy atom. The molecule has 2 aromatic carbocycles. The van der Waals surface area contributed by atoms with Crippen molar-refractivity contribution < 1.29 is 22.0 Å². The number of aromatic nitrogens is 1. The summed E-state index contributed by atoms with van der Waals surface area (Å²) in [7, 11) is -4.06. The summed E-state index contributed by atoms with van der Waals surface area (Å²) in [6, 6.07) is 12.0. The van der Waals surface area contributed by atoms with Crippen LogP contribution in [0.15, 0.2) is 80.2 Å². The number of furan rings is 1. The Kier molecular flexibility index (Phi) is 5.90. The molecule has 0 spiro atoms. The minimum Gasteiger partial charge on any atom is -0.471 e. The molecule has 0 unspecified atom stereocenters. The standard InChI is InChI=1S/C20H13BrFN3O4S2/c21-13-3-1-12(2-4-13)18-11-30-20(23-18)24-19(26)16-6-5-14(22)9-17(16)25-31(27,28)15-7-8-29-10-15/h1-11,25H,(H,23,24,26). The molecule has 4 rings (SSSR count). The summed E-state index contributed by atoms with van der Waals surface area (Å²) < 4.78 is 46.6. The number of thiazole rings is 1. The molecule has 11 heteroatoms. The van der Waals surface area contributed by atoms with Crippen LogP contribution in [0.1, 0.15) is 10.4 Å². The second-order valence-electron chi connectivity index (χ2n) is 6.25. The van der Waals surface area contributed by atoms with E-state index in [1.807, 2.05) is 24.3 Å². The number of hydrogen-bond donors (Lipinski definition) is 2. The molecule has 0 fully saturated rings. The van der Waals surface area contributed by atoms with Crippen LogP contribution < -0.4 is 10.0 Å². The predicted octanol–water partition coefficient (Wildman–Crippen LogP) is 5.36. The molecular weight excluding hydrogens is 509 g/mol. The van der Waals surface area contributed by atoms with Gasteiger partial charge < -0.3 is 4.42 Å². The predicted molar refractivity (Wildman–Crippen MR) is 119 cm³/mol. The van der Waals surface area contributed by atoms with Crippen LogP contribution >= 0.6 is 27.3 Å². The zero-order chi connectivity index (χ0) is 22.0. The number of nitrogens with zero attached hydrogens (tertiary/aromatic N) is 1. The number of hydrogen-bond acceptors (Lipinski definition) is 6. The molecule has 0 radical (unpaired) electrons. The second kappa shape index (κ2) is 8.61. The minimum absolute atomic E-state index is 0.0612. The Hall–Kier alpha value is -3.02. The van der Waals surface area contributed by atoms with Crippen LogP contribution in [0.2, 0.25) is 0 Å². The molecule has 0 atom stereocenters. The largest absolute Gasteiger partial charge is 0.471 e. The Balaban J connectivity index is 1.57. The number of carbonyl (C=O) groups is 1. The first-order valence-corrected chi connectivity index (χ1v) is 11.8. The Bertz CT molecular complexity index is 1340. The average Bonchev–Trinajstić information content (AvgIpc) is 3.41. The lowest BCUT2D eigenvalue weighted by molar-refractivity contribution is 0.102. The summed E-state index contributed by atoms with van der Waals surface area (Å²) in [4.78, 5) is 17.0. The van der Waals surface area contributed by atoms with Gasteiger partial charge in [-0.05, 0) is 36.4 Å². The first-order valence-electron chi connectivity index (χ1n) is 8.69. The summed E-state index contributed by atoms with van der Waals surface area (Å²) in [6.45, 7) is 0. The van der Waals surface area contributed by atoms with E-state index in [0.29, 0.717) is 10.8 Å². The summed E-state index contributed by atoms with van der Waals surface area (Å²) in [5, 5.41) is 4.72. The number of rotatable bonds is 6. The molecule has 0 bridgehead atoms. The Morgan fingerprint density at radius 2 is 1.90 bits per heavy atom. The zero-order valence-electron chi connectivity index (χ0n) is 15.5. The highest BCUT2D eigenvalue weighted by molar-refractivity contribution is 9.10. The number of anilines is 2. The minimum atomic E-state index is -4.06. The fourth-order valence-corrected chi connectivity index (χ4v) is 4.63. The summed E-state index contributed by atoms with van der Waals surface area (Å²) >= 11 is 4.58. The van der Waals surface area contributed by atoms with Gasteiger partial charge in [-0.25, -0.2) is 17.8 Å². The fourth-order valence-electron chi connectivity index (χ4n) is 2.66. The van der Waals surface area contributed by atoms with Crippen molar-refractivity contribution in [3.63, 3.8) is 0 Å². The Morgan fingerprint density at radius 1 is 1.13 bits per heavy atom. The lowest BCUT2D eigenvalue weighted by Crippen LogP contribution is -2.18. The molecule has 2 aromatic heterocycles. The fraction of sp³-hybridized carbons (Fsp3) is 0. The van der Waals surface area contributed by atoms with Crippen LogP contribution in [0.3, 0.4) is 0 Å². The summed E-state index contributed by atoms with van der Waals surface area (Å²) in [6.07, 6.45) is 2.22. The molecule has 158 valence electrons. The van der Waals surface area contributed by atoms with Crippen molar-refractivity contribution in [2.45, 2.75) is 4.90 Å². The van der Waals surface area contributed by atoms with Crippen molar-refractivity contribution in [3.05, 3.63) is 82.3 Å². The first-order chi connectivity index (χ1) is 14.8. The van der Waals surface area contributed by atoms with Gasteiger partial charge in [-0.15, -0.1) is 11.3 Å². The van der Waals surface area contributed by atoms with Crippen molar-refractivity contribution in [1.82, 2.24) is 4.98 Å². The first kappa shape index (κ1) is 21.2. The third-order valence-electron chi connectivity index (χ3n) is 4.14. The zero-order valence-corrected chi connectivity index (χ0v) is 18.7. The van der Waals surface area contributed by atoms with E-state index in [1.165, 1.54) is 29.7 Å². The van der Waals surface area contributed by atoms with Crippen LogP contribution in [-0.4, -0.2) is 19.3 Å². The smallest absolute Gasteiger partial charge is 0.265 e. The molecule has 2 N–H and O–H groups in total. The van der Waals surface area contributed by atoms with Gasteiger partial charge in [-0.3, -0.25) is 14.8 Å². The van der Waals surface area contributed by atoms with Gasteiger partial charge in [0.05, 0.1) is 23.2 Å². The summed E-state index contributed by atoms with van der Waals surface area (Å²) in [5.74, 6) is -1.34. The number of nitrogens with one attached hydrogen (secondary N) is 2. The van der Waals surface area contributed by atoms with Crippen LogP contribution in [0.5, 0.6) is 0 Å². The van der Waals surface area contributed by atoms with E-state index in [9.17, 15) is 17.6 Å². The van der Waals surface area contributed by atoms with Gasteiger partial charge in [-0.2, -0.15) is 0 Å². The van der Waals surface area contributed by atoms with Crippen molar-refractivity contribution >= 4 is 54.0 Å². The molecule has 7 nitrogen and oxygen atoms in total. The monoisotopic (exact) mass is 521 g/mol. The maximum Gasteiger partial charge on any atom is 0.265 e.